The molecule has 1 atom stereocenters. The summed E-state index contributed by atoms with van der Waals surface area (Å²) in [5, 5.41) is 5.49. The third kappa shape index (κ3) is 4.50. The molecule has 3 rings (SSSR count). The molecule has 2 aromatic rings. The summed E-state index contributed by atoms with van der Waals surface area (Å²) in [6.45, 7) is 3.82. The Labute approximate surface area is 152 Å². The Morgan fingerprint density at radius 1 is 1.04 bits per heavy atom. The molecule has 4 nitrogen and oxygen atoms in total. The quantitative estimate of drug-likeness (QED) is 0.832. The summed E-state index contributed by atoms with van der Waals surface area (Å²) < 4.78 is 26.8. The van der Waals surface area contributed by atoms with E-state index < -0.39 is 23.6 Å². The minimum Gasteiger partial charge on any atom is -0.374 e. The van der Waals surface area contributed by atoms with Crippen molar-refractivity contribution in [2.75, 3.05) is 28.6 Å². The van der Waals surface area contributed by atoms with Crippen molar-refractivity contribution in [3.63, 3.8) is 0 Å². The monoisotopic (exact) mass is 359 g/mol. The van der Waals surface area contributed by atoms with Gasteiger partial charge in [0.25, 0.3) is 0 Å². The first kappa shape index (κ1) is 18.2. The molecule has 26 heavy (non-hydrogen) atoms. The zero-order chi connectivity index (χ0) is 18.5. The van der Waals surface area contributed by atoms with Gasteiger partial charge >= 0.3 is 0 Å². The van der Waals surface area contributed by atoms with Crippen LogP contribution in [0.5, 0.6) is 0 Å². The van der Waals surface area contributed by atoms with Gasteiger partial charge in [-0.2, -0.15) is 0 Å². The van der Waals surface area contributed by atoms with Gasteiger partial charge in [-0.3, -0.25) is 4.79 Å². The number of carbonyl (C=O) groups is 1. The van der Waals surface area contributed by atoms with Crippen LogP contribution in [0.25, 0.3) is 0 Å². The number of nitrogens with zero attached hydrogens (tertiary/aromatic N) is 1. The van der Waals surface area contributed by atoms with Crippen molar-refractivity contribution in [3.8, 4) is 0 Å². The number of halogens is 2. The Kier molecular flexibility index (Phi) is 5.71. The van der Waals surface area contributed by atoms with Gasteiger partial charge < -0.3 is 15.5 Å². The second-order valence-electron chi connectivity index (χ2n) is 6.57. The van der Waals surface area contributed by atoms with Crippen molar-refractivity contribution in [2.45, 2.75) is 32.2 Å². The second-order valence-corrected chi connectivity index (χ2v) is 6.57. The van der Waals surface area contributed by atoms with Crippen molar-refractivity contribution in [3.05, 3.63) is 54.1 Å². The van der Waals surface area contributed by atoms with Crippen LogP contribution in [0.15, 0.2) is 42.5 Å². The van der Waals surface area contributed by atoms with E-state index in [-0.39, 0.29) is 5.69 Å². The Morgan fingerprint density at radius 2 is 1.73 bits per heavy atom. The highest BCUT2D eigenvalue weighted by Gasteiger charge is 2.16. The third-order valence-corrected chi connectivity index (χ3v) is 4.55. The van der Waals surface area contributed by atoms with Crippen LogP contribution in [-0.2, 0) is 4.79 Å². The fourth-order valence-corrected chi connectivity index (χ4v) is 3.07. The highest BCUT2D eigenvalue weighted by Crippen LogP contribution is 2.22. The molecule has 1 fully saturated rings. The topological polar surface area (TPSA) is 44.4 Å². The average Bonchev–Trinajstić information content (AvgIpc) is 2.66. The largest absolute Gasteiger partial charge is 0.374 e. The molecule has 1 aliphatic rings. The Morgan fingerprint density at radius 3 is 2.42 bits per heavy atom. The number of hydrogen-bond acceptors (Lipinski definition) is 3. The maximum Gasteiger partial charge on any atom is 0.246 e. The molecule has 0 aromatic heterocycles. The lowest BCUT2D eigenvalue weighted by atomic mass is 10.1. The van der Waals surface area contributed by atoms with Crippen molar-refractivity contribution in [2.24, 2.45) is 0 Å². The summed E-state index contributed by atoms with van der Waals surface area (Å²) in [7, 11) is 0. The molecular formula is C20H23F2N3O. The van der Waals surface area contributed by atoms with Crippen LogP contribution in [0.3, 0.4) is 0 Å². The van der Waals surface area contributed by atoms with E-state index in [1.807, 2.05) is 24.3 Å². The SMILES string of the molecule is C[C@H](Nc1ccc(N2CCCCC2)cc1)C(=O)Nc1cc(F)ccc1F. The summed E-state index contributed by atoms with van der Waals surface area (Å²) >= 11 is 0. The van der Waals surface area contributed by atoms with Crippen LogP contribution >= 0.6 is 0 Å². The molecule has 1 heterocycles. The smallest absolute Gasteiger partial charge is 0.246 e. The molecule has 0 radical (unpaired) electrons. The van der Waals surface area contributed by atoms with Crippen LogP contribution in [0.1, 0.15) is 26.2 Å². The van der Waals surface area contributed by atoms with Crippen LogP contribution in [0, 0.1) is 11.6 Å². The standard InChI is InChI=1S/C20H23F2N3O/c1-14(20(26)24-19-13-15(21)5-10-18(19)22)23-16-6-8-17(9-7-16)25-11-3-2-4-12-25/h5-10,13-14,23H,2-4,11-12H2,1H3,(H,24,26)/t14-/m0/s1. The first-order valence-corrected chi connectivity index (χ1v) is 8.90. The maximum absolute atomic E-state index is 13.6. The number of carbonyl (C=O) groups excluding carboxylic acids is 1. The molecule has 0 aliphatic carbocycles. The zero-order valence-electron chi connectivity index (χ0n) is 14.8. The van der Waals surface area contributed by atoms with Crippen LogP contribution in [0.2, 0.25) is 0 Å². The Bertz CT molecular complexity index is 758. The van der Waals surface area contributed by atoms with E-state index in [0.29, 0.717) is 0 Å². The summed E-state index contributed by atoms with van der Waals surface area (Å²) in [6.07, 6.45) is 3.72. The van der Waals surface area contributed by atoms with E-state index in [0.717, 1.165) is 37.0 Å². The number of anilines is 3. The second kappa shape index (κ2) is 8.17. The van der Waals surface area contributed by atoms with Crippen molar-refractivity contribution in [1.29, 1.82) is 0 Å². The highest BCUT2D eigenvalue weighted by atomic mass is 19.1. The molecule has 2 aromatic carbocycles. The molecule has 0 bridgehead atoms. The van der Waals surface area contributed by atoms with Crippen molar-refractivity contribution in [1.82, 2.24) is 0 Å². The fourth-order valence-electron chi connectivity index (χ4n) is 3.07. The lowest BCUT2D eigenvalue weighted by Crippen LogP contribution is -2.32. The third-order valence-electron chi connectivity index (χ3n) is 4.55. The van der Waals surface area contributed by atoms with Gasteiger partial charge in [0, 0.05) is 30.5 Å². The summed E-state index contributed by atoms with van der Waals surface area (Å²) in [5.74, 6) is -1.71. The van der Waals surface area contributed by atoms with Crippen LogP contribution in [-0.4, -0.2) is 25.0 Å². The van der Waals surface area contributed by atoms with E-state index in [1.165, 1.54) is 24.9 Å². The molecule has 1 aliphatic heterocycles. The Balaban J connectivity index is 1.59. The molecule has 0 saturated carbocycles. The molecular weight excluding hydrogens is 336 g/mol. The van der Waals surface area contributed by atoms with Gasteiger partial charge in [0.05, 0.1) is 5.69 Å². The number of amides is 1. The van der Waals surface area contributed by atoms with Crippen LogP contribution < -0.4 is 15.5 Å². The lowest BCUT2D eigenvalue weighted by Gasteiger charge is -2.29. The highest BCUT2D eigenvalue weighted by molar-refractivity contribution is 5.96. The van der Waals surface area contributed by atoms with Crippen molar-refractivity contribution >= 4 is 23.0 Å². The van der Waals surface area contributed by atoms with E-state index in [4.69, 9.17) is 0 Å². The van der Waals surface area contributed by atoms with E-state index >= 15 is 0 Å². The molecule has 138 valence electrons. The molecule has 1 amide bonds. The maximum atomic E-state index is 13.6. The van der Waals surface area contributed by atoms with Gasteiger partial charge in [0.15, 0.2) is 0 Å². The molecule has 0 unspecified atom stereocenters. The number of piperidine rings is 1. The molecule has 2 N–H and O–H groups in total. The van der Waals surface area contributed by atoms with Gasteiger partial charge in [-0.15, -0.1) is 0 Å². The molecule has 6 heteroatoms. The number of rotatable bonds is 5. The predicted molar refractivity (Wildman–Crippen MR) is 101 cm³/mol. The van der Waals surface area contributed by atoms with Gasteiger partial charge in [-0.05, 0) is 62.6 Å². The molecule has 1 saturated heterocycles. The van der Waals surface area contributed by atoms with Crippen molar-refractivity contribution < 1.29 is 13.6 Å². The van der Waals surface area contributed by atoms with Gasteiger partial charge in [-0.1, -0.05) is 0 Å². The van der Waals surface area contributed by atoms with Gasteiger partial charge in [0.2, 0.25) is 5.91 Å². The summed E-state index contributed by atoms with van der Waals surface area (Å²) in [5.41, 5.74) is 1.81. The number of hydrogen-bond donors (Lipinski definition) is 2. The normalized spacial score (nSPS) is 15.4. The number of nitrogens with one attached hydrogen (secondary N) is 2. The lowest BCUT2D eigenvalue weighted by molar-refractivity contribution is -0.116. The fraction of sp³-hybridized carbons (Fsp3) is 0.350. The summed E-state index contributed by atoms with van der Waals surface area (Å²) in [4.78, 5) is 14.6. The minimum atomic E-state index is -0.669. The van der Waals surface area contributed by atoms with E-state index in [2.05, 4.69) is 15.5 Å². The number of benzene rings is 2. The first-order chi connectivity index (χ1) is 12.5. The minimum absolute atomic E-state index is 0.163. The zero-order valence-corrected chi connectivity index (χ0v) is 14.8. The van der Waals surface area contributed by atoms with E-state index in [9.17, 15) is 13.6 Å². The first-order valence-electron chi connectivity index (χ1n) is 8.90. The molecule has 0 spiro atoms. The van der Waals surface area contributed by atoms with E-state index in [1.54, 1.807) is 6.92 Å². The summed E-state index contributed by atoms with van der Waals surface area (Å²) in [6, 6.07) is 10.3. The van der Waals surface area contributed by atoms with Crippen LogP contribution in [0.4, 0.5) is 25.8 Å². The Hall–Kier alpha value is -2.63. The average molecular weight is 359 g/mol. The predicted octanol–water partition coefficient (Wildman–Crippen LogP) is 4.39. The van der Waals surface area contributed by atoms with Gasteiger partial charge in [0.1, 0.15) is 17.7 Å². The van der Waals surface area contributed by atoms with Gasteiger partial charge in [-0.25, -0.2) is 8.78 Å².